The van der Waals surface area contributed by atoms with Crippen molar-refractivity contribution in [2.24, 2.45) is 0 Å². The summed E-state index contributed by atoms with van der Waals surface area (Å²) in [7, 11) is 4.26. The molecule has 1 aromatic rings. The highest BCUT2D eigenvalue weighted by Gasteiger charge is 2.25. The molecule has 19 heavy (non-hydrogen) atoms. The zero-order valence-corrected chi connectivity index (χ0v) is 13.7. The summed E-state index contributed by atoms with van der Waals surface area (Å²) >= 11 is 8.07. The standard InChI is InChI=1S/C15H23ClN2S/c1-15(2,18(3)4)10-17-13-7-8-19-14-6-5-11(16)9-12(13)14/h5-6,9,13,17H,7-8,10H2,1-4H3. The van der Waals surface area contributed by atoms with Crippen LogP contribution in [-0.4, -0.2) is 36.8 Å². The molecule has 0 amide bonds. The van der Waals surface area contributed by atoms with E-state index in [-0.39, 0.29) is 5.54 Å². The number of rotatable bonds is 4. The Morgan fingerprint density at radius 1 is 1.42 bits per heavy atom. The van der Waals surface area contributed by atoms with Crippen molar-refractivity contribution in [2.75, 3.05) is 26.4 Å². The summed E-state index contributed by atoms with van der Waals surface area (Å²) in [5.74, 6) is 1.18. The van der Waals surface area contributed by atoms with Crippen molar-refractivity contribution in [2.45, 2.75) is 36.7 Å². The number of nitrogens with zero attached hydrogens (tertiary/aromatic N) is 1. The Morgan fingerprint density at radius 3 is 2.84 bits per heavy atom. The molecule has 2 nitrogen and oxygen atoms in total. The number of nitrogens with one attached hydrogen (secondary N) is 1. The van der Waals surface area contributed by atoms with Crippen LogP contribution in [0.25, 0.3) is 0 Å². The molecule has 0 saturated carbocycles. The smallest absolute Gasteiger partial charge is 0.0410 e. The Bertz CT molecular complexity index is 446. The maximum Gasteiger partial charge on any atom is 0.0410 e. The van der Waals surface area contributed by atoms with Gasteiger partial charge < -0.3 is 10.2 Å². The molecule has 1 heterocycles. The topological polar surface area (TPSA) is 15.3 Å². The lowest BCUT2D eigenvalue weighted by Crippen LogP contribution is -2.47. The Balaban J connectivity index is 2.09. The molecule has 0 bridgehead atoms. The van der Waals surface area contributed by atoms with Gasteiger partial charge in [0, 0.05) is 28.0 Å². The van der Waals surface area contributed by atoms with Crippen LogP contribution in [-0.2, 0) is 0 Å². The number of hydrogen-bond donors (Lipinski definition) is 1. The maximum atomic E-state index is 6.14. The van der Waals surface area contributed by atoms with E-state index < -0.39 is 0 Å². The van der Waals surface area contributed by atoms with Crippen molar-refractivity contribution in [3.8, 4) is 0 Å². The molecule has 0 radical (unpaired) electrons. The molecule has 1 unspecified atom stereocenters. The third-order valence-corrected chi connectivity index (χ3v) is 5.36. The van der Waals surface area contributed by atoms with E-state index in [1.165, 1.54) is 22.6 Å². The summed E-state index contributed by atoms with van der Waals surface area (Å²) in [5.41, 5.74) is 1.52. The van der Waals surface area contributed by atoms with Crippen LogP contribution in [0.4, 0.5) is 0 Å². The second kappa shape index (κ2) is 6.04. The van der Waals surface area contributed by atoms with Crippen LogP contribution in [0.15, 0.2) is 23.1 Å². The number of halogens is 1. The maximum absolute atomic E-state index is 6.14. The zero-order chi connectivity index (χ0) is 14.0. The van der Waals surface area contributed by atoms with Gasteiger partial charge in [0.25, 0.3) is 0 Å². The normalized spacial score (nSPS) is 19.6. The monoisotopic (exact) mass is 298 g/mol. The predicted molar refractivity (Wildman–Crippen MR) is 85.3 cm³/mol. The molecule has 1 N–H and O–H groups in total. The third kappa shape index (κ3) is 3.66. The first-order valence-corrected chi connectivity index (χ1v) is 8.09. The van der Waals surface area contributed by atoms with Crippen molar-refractivity contribution in [1.82, 2.24) is 10.2 Å². The van der Waals surface area contributed by atoms with Gasteiger partial charge in [-0.15, -0.1) is 11.8 Å². The minimum absolute atomic E-state index is 0.156. The van der Waals surface area contributed by atoms with Crippen LogP contribution in [0.2, 0.25) is 5.02 Å². The molecule has 106 valence electrons. The van der Waals surface area contributed by atoms with E-state index in [0.29, 0.717) is 6.04 Å². The number of hydrogen-bond acceptors (Lipinski definition) is 3. The molecule has 0 spiro atoms. The van der Waals surface area contributed by atoms with Gasteiger partial charge in [0.2, 0.25) is 0 Å². The van der Waals surface area contributed by atoms with E-state index in [4.69, 9.17) is 11.6 Å². The average Bonchev–Trinajstić information content (AvgIpc) is 2.36. The minimum Gasteiger partial charge on any atom is -0.308 e. The molecule has 0 aromatic heterocycles. The molecule has 1 aliphatic heterocycles. The van der Waals surface area contributed by atoms with E-state index in [2.05, 4.69) is 50.3 Å². The van der Waals surface area contributed by atoms with Crippen LogP contribution in [0.5, 0.6) is 0 Å². The van der Waals surface area contributed by atoms with Crippen LogP contribution < -0.4 is 5.32 Å². The summed E-state index contributed by atoms with van der Waals surface area (Å²) in [4.78, 5) is 3.63. The first kappa shape index (κ1) is 15.2. The summed E-state index contributed by atoms with van der Waals surface area (Å²) in [6.45, 7) is 5.49. The third-order valence-electron chi connectivity index (χ3n) is 4.00. The Labute approximate surface area is 125 Å². The zero-order valence-electron chi connectivity index (χ0n) is 12.2. The van der Waals surface area contributed by atoms with Gasteiger partial charge in [-0.3, -0.25) is 0 Å². The van der Waals surface area contributed by atoms with Gasteiger partial charge in [-0.2, -0.15) is 0 Å². The van der Waals surface area contributed by atoms with Crippen molar-refractivity contribution in [1.29, 1.82) is 0 Å². The van der Waals surface area contributed by atoms with Crippen LogP contribution in [0, 0.1) is 0 Å². The second-order valence-corrected chi connectivity index (χ2v) is 7.53. The average molecular weight is 299 g/mol. The SMILES string of the molecule is CN(C)C(C)(C)CNC1CCSc2ccc(Cl)cc21. The van der Waals surface area contributed by atoms with Gasteiger partial charge in [-0.05, 0) is 63.9 Å². The lowest BCUT2D eigenvalue weighted by Gasteiger charge is -2.36. The van der Waals surface area contributed by atoms with E-state index in [1.807, 2.05) is 17.8 Å². The van der Waals surface area contributed by atoms with Crippen molar-refractivity contribution >= 4 is 23.4 Å². The predicted octanol–water partition coefficient (Wildman–Crippen LogP) is 3.81. The Kier molecular flexibility index (Phi) is 4.83. The van der Waals surface area contributed by atoms with Crippen LogP contribution >= 0.6 is 23.4 Å². The molecule has 2 rings (SSSR count). The highest BCUT2D eigenvalue weighted by Crippen LogP contribution is 2.37. The van der Waals surface area contributed by atoms with Gasteiger partial charge in [0.1, 0.15) is 0 Å². The molecule has 0 saturated heterocycles. The number of likely N-dealkylation sites (N-methyl/N-ethyl adjacent to an activating group) is 1. The van der Waals surface area contributed by atoms with Gasteiger partial charge in [-0.1, -0.05) is 11.6 Å². The molecule has 4 heteroatoms. The van der Waals surface area contributed by atoms with Gasteiger partial charge in [0.05, 0.1) is 0 Å². The number of fused-ring (bicyclic) bond motifs is 1. The quantitative estimate of drug-likeness (QED) is 0.910. The highest BCUT2D eigenvalue weighted by atomic mass is 35.5. The fraction of sp³-hybridized carbons (Fsp3) is 0.600. The molecule has 0 aliphatic carbocycles. The second-order valence-electron chi connectivity index (χ2n) is 5.96. The van der Waals surface area contributed by atoms with Crippen LogP contribution in [0.3, 0.4) is 0 Å². The largest absolute Gasteiger partial charge is 0.308 e. The first-order chi connectivity index (χ1) is 8.90. The fourth-order valence-corrected chi connectivity index (χ4v) is 3.39. The molecule has 1 aliphatic rings. The molecule has 0 fully saturated rings. The van der Waals surface area contributed by atoms with E-state index >= 15 is 0 Å². The first-order valence-electron chi connectivity index (χ1n) is 6.73. The summed E-state index contributed by atoms with van der Waals surface area (Å²) in [6, 6.07) is 6.67. The van der Waals surface area contributed by atoms with Crippen LogP contribution in [0.1, 0.15) is 31.9 Å². The Hall–Kier alpha value is -0.220. The lowest BCUT2D eigenvalue weighted by molar-refractivity contribution is 0.183. The highest BCUT2D eigenvalue weighted by molar-refractivity contribution is 7.99. The Morgan fingerprint density at radius 2 is 2.16 bits per heavy atom. The van der Waals surface area contributed by atoms with Crippen molar-refractivity contribution < 1.29 is 0 Å². The van der Waals surface area contributed by atoms with Gasteiger partial charge in [0.15, 0.2) is 0 Å². The van der Waals surface area contributed by atoms with E-state index in [1.54, 1.807) is 0 Å². The minimum atomic E-state index is 0.156. The molecular weight excluding hydrogens is 276 g/mol. The van der Waals surface area contributed by atoms with Crippen molar-refractivity contribution in [3.63, 3.8) is 0 Å². The van der Waals surface area contributed by atoms with E-state index in [9.17, 15) is 0 Å². The summed E-state index contributed by atoms with van der Waals surface area (Å²) in [5, 5.41) is 4.55. The summed E-state index contributed by atoms with van der Waals surface area (Å²) in [6.07, 6.45) is 1.17. The van der Waals surface area contributed by atoms with Gasteiger partial charge in [-0.25, -0.2) is 0 Å². The summed E-state index contributed by atoms with van der Waals surface area (Å²) < 4.78 is 0. The van der Waals surface area contributed by atoms with Gasteiger partial charge >= 0.3 is 0 Å². The molecule has 1 atom stereocenters. The lowest BCUT2D eigenvalue weighted by atomic mass is 10.00. The number of thioether (sulfide) groups is 1. The van der Waals surface area contributed by atoms with E-state index in [0.717, 1.165) is 11.6 Å². The van der Waals surface area contributed by atoms with Crippen molar-refractivity contribution in [3.05, 3.63) is 28.8 Å². The molecule has 1 aromatic carbocycles. The molecular formula is C15H23ClN2S. The fourth-order valence-electron chi connectivity index (χ4n) is 2.11. The number of benzene rings is 1.